The zero-order valence-corrected chi connectivity index (χ0v) is 13.9. The number of rotatable bonds is 8. The molecular weight excluding hydrogens is 308 g/mol. The quantitative estimate of drug-likeness (QED) is 0.717. The van der Waals surface area contributed by atoms with Crippen LogP contribution < -0.4 is 15.5 Å². The summed E-state index contributed by atoms with van der Waals surface area (Å²) in [4.78, 5) is 29.7. The van der Waals surface area contributed by atoms with Crippen molar-refractivity contribution >= 4 is 17.6 Å². The summed E-state index contributed by atoms with van der Waals surface area (Å²) in [6.45, 7) is 0.849. The van der Waals surface area contributed by atoms with E-state index in [-0.39, 0.29) is 17.6 Å². The van der Waals surface area contributed by atoms with Gasteiger partial charge in [-0.2, -0.15) is 0 Å². The van der Waals surface area contributed by atoms with Crippen molar-refractivity contribution in [1.29, 1.82) is 0 Å². The molecule has 0 aliphatic rings. The molecule has 128 valence electrons. The van der Waals surface area contributed by atoms with Gasteiger partial charge in [0.1, 0.15) is 5.82 Å². The van der Waals surface area contributed by atoms with Crippen LogP contribution in [0, 0.1) is 0 Å². The Morgan fingerprint density at radius 2 is 2.04 bits per heavy atom. The maximum absolute atomic E-state index is 11.9. The molecule has 0 unspecified atom stereocenters. The Hall–Kier alpha value is -2.83. The Balaban J connectivity index is 1.68. The molecule has 2 amide bonds. The predicted molar refractivity (Wildman–Crippen MR) is 90.7 cm³/mol. The number of carbonyl (C=O) groups is 2. The van der Waals surface area contributed by atoms with Crippen LogP contribution in [0.25, 0.3) is 0 Å². The summed E-state index contributed by atoms with van der Waals surface area (Å²) in [7, 11) is 3.82. The lowest BCUT2D eigenvalue weighted by molar-refractivity contribution is -0.121. The molecule has 0 fully saturated rings. The van der Waals surface area contributed by atoms with Crippen molar-refractivity contribution in [3.05, 3.63) is 48.0 Å². The van der Waals surface area contributed by atoms with E-state index in [1.54, 1.807) is 18.3 Å². The van der Waals surface area contributed by atoms with Crippen LogP contribution in [0.2, 0.25) is 0 Å². The van der Waals surface area contributed by atoms with Crippen LogP contribution in [0.4, 0.5) is 5.82 Å². The molecule has 2 rings (SSSR count). The summed E-state index contributed by atoms with van der Waals surface area (Å²) in [6.07, 6.45) is 4.08. The van der Waals surface area contributed by atoms with Crippen molar-refractivity contribution in [2.45, 2.75) is 19.4 Å². The number of furan rings is 1. The number of carbonyl (C=O) groups excluding carboxylic acids is 2. The van der Waals surface area contributed by atoms with Gasteiger partial charge in [-0.1, -0.05) is 6.07 Å². The lowest BCUT2D eigenvalue weighted by atomic mass is 10.2. The molecule has 2 aromatic rings. The van der Waals surface area contributed by atoms with Crippen LogP contribution in [0.5, 0.6) is 0 Å². The second-order valence-electron chi connectivity index (χ2n) is 5.49. The zero-order valence-electron chi connectivity index (χ0n) is 13.9. The Morgan fingerprint density at radius 3 is 2.75 bits per heavy atom. The topological polar surface area (TPSA) is 87.5 Å². The molecule has 2 heterocycles. The van der Waals surface area contributed by atoms with E-state index in [0.717, 1.165) is 11.4 Å². The molecule has 7 heteroatoms. The third-order valence-corrected chi connectivity index (χ3v) is 3.38. The first kappa shape index (κ1) is 17.5. The van der Waals surface area contributed by atoms with Crippen LogP contribution in [0.15, 0.2) is 41.1 Å². The Bertz CT molecular complexity index is 668. The van der Waals surface area contributed by atoms with E-state index in [9.17, 15) is 9.59 Å². The first-order valence-corrected chi connectivity index (χ1v) is 7.77. The highest BCUT2D eigenvalue weighted by Gasteiger charge is 2.09. The summed E-state index contributed by atoms with van der Waals surface area (Å²) in [5.74, 6) is 0.776. The van der Waals surface area contributed by atoms with E-state index < -0.39 is 0 Å². The number of aromatic nitrogens is 1. The SMILES string of the molecule is CN(C)c1ncccc1CNC(=O)CCCNC(=O)c1ccco1. The minimum absolute atomic E-state index is 0.0594. The van der Waals surface area contributed by atoms with Crippen LogP contribution in [0.1, 0.15) is 29.0 Å². The third kappa shape index (κ3) is 5.12. The fraction of sp³-hybridized carbons (Fsp3) is 0.353. The summed E-state index contributed by atoms with van der Waals surface area (Å²) in [6, 6.07) is 7.03. The normalized spacial score (nSPS) is 10.2. The first-order valence-electron chi connectivity index (χ1n) is 7.77. The molecule has 0 aliphatic heterocycles. The third-order valence-electron chi connectivity index (χ3n) is 3.38. The molecule has 0 atom stereocenters. The summed E-state index contributed by atoms with van der Waals surface area (Å²) < 4.78 is 4.99. The lowest BCUT2D eigenvalue weighted by Crippen LogP contribution is -2.27. The van der Waals surface area contributed by atoms with Gasteiger partial charge in [-0.3, -0.25) is 9.59 Å². The number of anilines is 1. The molecule has 0 saturated heterocycles. The zero-order chi connectivity index (χ0) is 17.4. The maximum atomic E-state index is 11.9. The molecule has 0 spiro atoms. The van der Waals surface area contributed by atoms with Gasteiger partial charge < -0.3 is 20.0 Å². The van der Waals surface area contributed by atoms with E-state index in [1.165, 1.54) is 6.26 Å². The van der Waals surface area contributed by atoms with Crippen LogP contribution in [-0.4, -0.2) is 37.4 Å². The van der Waals surface area contributed by atoms with Crippen molar-refractivity contribution in [1.82, 2.24) is 15.6 Å². The summed E-state index contributed by atoms with van der Waals surface area (Å²) in [5, 5.41) is 5.58. The van der Waals surface area contributed by atoms with E-state index in [0.29, 0.717) is 25.9 Å². The molecule has 2 aromatic heterocycles. The van der Waals surface area contributed by atoms with Crippen LogP contribution in [-0.2, 0) is 11.3 Å². The van der Waals surface area contributed by atoms with E-state index in [2.05, 4.69) is 15.6 Å². The van der Waals surface area contributed by atoms with Crippen LogP contribution >= 0.6 is 0 Å². The number of nitrogens with one attached hydrogen (secondary N) is 2. The van der Waals surface area contributed by atoms with Gasteiger partial charge >= 0.3 is 0 Å². The average Bonchev–Trinajstić information content (AvgIpc) is 3.11. The lowest BCUT2D eigenvalue weighted by Gasteiger charge is -2.16. The first-order chi connectivity index (χ1) is 11.6. The molecule has 0 aliphatic carbocycles. The Labute approximate surface area is 141 Å². The second-order valence-corrected chi connectivity index (χ2v) is 5.49. The maximum Gasteiger partial charge on any atom is 0.286 e. The Kier molecular flexibility index (Phi) is 6.36. The molecule has 2 N–H and O–H groups in total. The second kappa shape index (κ2) is 8.71. The van der Waals surface area contributed by atoms with Crippen molar-refractivity contribution in [3.63, 3.8) is 0 Å². The van der Waals surface area contributed by atoms with Gasteiger partial charge in [0.2, 0.25) is 5.91 Å². The molecule has 0 aromatic carbocycles. The molecule has 0 saturated carbocycles. The van der Waals surface area contributed by atoms with Gasteiger partial charge in [-0.05, 0) is 24.6 Å². The van der Waals surface area contributed by atoms with Crippen molar-refractivity contribution < 1.29 is 14.0 Å². The number of hydrogen-bond acceptors (Lipinski definition) is 5. The van der Waals surface area contributed by atoms with Gasteiger partial charge in [-0.25, -0.2) is 4.98 Å². The van der Waals surface area contributed by atoms with Crippen molar-refractivity contribution in [3.8, 4) is 0 Å². The van der Waals surface area contributed by atoms with E-state index in [1.807, 2.05) is 31.1 Å². The highest BCUT2D eigenvalue weighted by atomic mass is 16.3. The molecular formula is C17H22N4O3. The minimum Gasteiger partial charge on any atom is -0.459 e. The molecule has 0 bridgehead atoms. The summed E-state index contributed by atoms with van der Waals surface area (Å²) >= 11 is 0. The standard InChI is InChI=1S/C17H22N4O3/c1-21(2)16-13(6-3-9-18-16)12-20-15(22)8-4-10-19-17(23)14-7-5-11-24-14/h3,5-7,9,11H,4,8,10,12H2,1-2H3,(H,19,23)(H,20,22). The van der Waals surface area contributed by atoms with Gasteiger partial charge in [0.25, 0.3) is 5.91 Å². The Morgan fingerprint density at radius 1 is 1.21 bits per heavy atom. The minimum atomic E-state index is -0.272. The molecule has 24 heavy (non-hydrogen) atoms. The van der Waals surface area contributed by atoms with Crippen LogP contribution in [0.3, 0.4) is 0 Å². The van der Waals surface area contributed by atoms with E-state index >= 15 is 0 Å². The number of amides is 2. The number of hydrogen-bond donors (Lipinski definition) is 2. The van der Waals surface area contributed by atoms with Gasteiger partial charge in [0.15, 0.2) is 5.76 Å². The smallest absolute Gasteiger partial charge is 0.286 e. The fourth-order valence-corrected chi connectivity index (χ4v) is 2.20. The predicted octanol–water partition coefficient (Wildman–Crippen LogP) is 1.57. The highest BCUT2D eigenvalue weighted by molar-refractivity contribution is 5.91. The van der Waals surface area contributed by atoms with Gasteiger partial charge in [-0.15, -0.1) is 0 Å². The van der Waals surface area contributed by atoms with Crippen molar-refractivity contribution in [2.75, 3.05) is 25.5 Å². The monoisotopic (exact) mass is 330 g/mol. The molecule has 0 radical (unpaired) electrons. The fourth-order valence-electron chi connectivity index (χ4n) is 2.20. The van der Waals surface area contributed by atoms with Gasteiger partial charge in [0.05, 0.1) is 6.26 Å². The molecule has 7 nitrogen and oxygen atoms in total. The summed E-state index contributed by atoms with van der Waals surface area (Å²) in [5.41, 5.74) is 0.960. The van der Waals surface area contributed by atoms with E-state index in [4.69, 9.17) is 4.42 Å². The largest absolute Gasteiger partial charge is 0.459 e. The number of pyridine rings is 1. The van der Waals surface area contributed by atoms with Gasteiger partial charge in [0, 0.05) is 45.4 Å². The van der Waals surface area contributed by atoms with Crippen molar-refractivity contribution in [2.24, 2.45) is 0 Å². The average molecular weight is 330 g/mol. The number of nitrogens with zero attached hydrogens (tertiary/aromatic N) is 2. The highest BCUT2D eigenvalue weighted by Crippen LogP contribution is 2.13.